The van der Waals surface area contributed by atoms with E-state index in [1.807, 2.05) is 6.07 Å². The molecule has 0 atom stereocenters. The van der Waals surface area contributed by atoms with Crippen LogP contribution in [0.15, 0.2) is 35.3 Å². The number of anilines is 1. The molecule has 2 aromatic rings. The highest BCUT2D eigenvalue weighted by atomic mass is 19.1. The van der Waals surface area contributed by atoms with E-state index in [9.17, 15) is 9.18 Å². The summed E-state index contributed by atoms with van der Waals surface area (Å²) < 4.78 is 15.3. The molecule has 0 spiro atoms. The number of nitriles is 1. The van der Waals surface area contributed by atoms with Crippen molar-refractivity contribution < 1.29 is 4.39 Å². The summed E-state index contributed by atoms with van der Waals surface area (Å²) in [4.78, 5) is 15.9. The van der Waals surface area contributed by atoms with Gasteiger partial charge in [-0.15, -0.1) is 0 Å². The number of nitrogens with zero attached hydrogens (tertiary/aromatic N) is 5. The molecule has 1 fully saturated rings. The van der Waals surface area contributed by atoms with Crippen LogP contribution >= 0.6 is 0 Å². The van der Waals surface area contributed by atoms with Gasteiger partial charge in [0.15, 0.2) is 0 Å². The van der Waals surface area contributed by atoms with Gasteiger partial charge in [0.05, 0.1) is 23.5 Å². The molecule has 0 amide bonds. The average Bonchev–Trinajstić information content (AvgIpc) is 2.60. The van der Waals surface area contributed by atoms with Gasteiger partial charge in [-0.05, 0) is 12.1 Å². The van der Waals surface area contributed by atoms with Gasteiger partial charge in [-0.25, -0.2) is 9.07 Å². The number of rotatable bonds is 3. The molecular formula is C17H18FN5O. The first-order chi connectivity index (χ1) is 11.6. The van der Waals surface area contributed by atoms with Crippen LogP contribution in [-0.4, -0.2) is 40.9 Å². The molecule has 1 aliphatic rings. The summed E-state index contributed by atoms with van der Waals surface area (Å²) in [7, 11) is 1.62. The zero-order valence-electron chi connectivity index (χ0n) is 13.4. The van der Waals surface area contributed by atoms with Crippen molar-refractivity contribution in [3.63, 3.8) is 0 Å². The smallest absolute Gasteiger partial charge is 0.268 e. The quantitative estimate of drug-likeness (QED) is 0.845. The van der Waals surface area contributed by atoms with Crippen LogP contribution in [0.5, 0.6) is 0 Å². The predicted molar refractivity (Wildman–Crippen MR) is 88.1 cm³/mol. The lowest BCUT2D eigenvalue weighted by molar-refractivity contribution is 0.246. The lowest BCUT2D eigenvalue weighted by atomic mass is 10.1. The van der Waals surface area contributed by atoms with Gasteiger partial charge in [0.1, 0.15) is 5.82 Å². The Kier molecular flexibility index (Phi) is 4.58. The minimum atomic E-state index is -0.341. The maximum Gasteiger partial charge on any atom is 0.268 e. The van der Waals surface area contributed by atoms with Gasteiger partial charge in [-0.1, -0.05) is 6.07 Å². The number of aryl methyl sites for hydroxylation is 1. The molecule has 0 radical (unpaired) electrons. The molecule has 3 rings (SSSR count). The molecule has 2 heterocycles. The van der Waals surface area contributed by atoms with Crippen molar-refractivity contribution in [2.45, 2.75) is 6.54 Å². The molecule has 7 heteroatoms. The maximum absolute atomic E-state index is 14.0. The van der Waals surface area contributed by atoms with E-state index in [1.54, 1.807) is 31.4 Å². The van der Waals surface area contributed by atoms with E-state index in [0.717, 1.165) is 31.9 Å². The van der Waals surface area contributed by atoms with Crippen LogP contribution in [0.4, 0.5) is 10.1 Å². The van der Waals surface area contributed by atoms with E-state index in [1.165, 1.54) is 10.7 Å². The number of hydrogen-bond acceptors (Lipinski definition) is 5. The molecular weight excluding hydrogens is 309 g/mol. The lowest BCUT2D eigenvalue weighted by Crippen LogP contribution is -2.46. The fourth-order valence-corrected chi connectivity index (χ4v) is 2.78. The summed E-state index contributed by atoms with van der Waals surface area (Å²) in [6.07, 6.45) is 1.69. The Morgan fingerprint density at radius 3 is 2.62 bits per heavy atom. The van der Waals surface area contributed by atoms with E-state index in [4.69, 9.17) is 5.26 Å². The van der Waals surface area contributed by atoms with Crippen molar-refractivity contribution in [1.29, 1.82) is 5.26 Å². The van der Waals surface area contributed by atoms with Gasteiger partial charge < -0.3 is 4.90 Å². The van der Waals surface area contributed by atoms with Gasteiger partial charge in [0.25, 0.3) is 5.56 Å². The topological polar surface area (TPSA) is 65.2 Å². The predicted octanol–water partition coefficient (Wildman–Crippen LogP) is 1.11. The number of halogens is 1. The molecule has 6 nitrogen and oxygen atoms in total. The molecule has 1 aliphatic heterocycles. The van der Waals surface area contributed by atoms with Crippen LogP contribution in [0.3, 0.4) is 0 Å². The minimum absolute atomic E-state index is 0.130. The SMILES string of the molecule is Cn1ncc(N2CCN(Cc3ccc(C#N)cc3F)CC2)cc1=O. The summed E-state index contributed by atoms with van der Waals surface area (Å²) >= 11 is 0. The number of benzene rings is 1. The fourth-order valence-electron chi connectivity index (χ4n) is 2.78. The van der Waals surface area contributed by atoms with Crippen LogP contribution in [0.1, 0.15) is 11.1 Å². The molecule has 1 saturated heterocycles. The van der Waals surface area contributed by atoms with Gasteiger partial charge in [-0.2, -0.15) is 10.4 Å². The Labute approximate surface area is 139 Å². The van der Waals surface area contributed by atoms with Crippen molar-refractivity contribution in [2.24, 2.45) is 7.05 Å². The Morgan fingerprint density at radius 1 is 1.25 bits per heavy atom. The highest BCUT2D eigenvalue weighted by molar-refractivity contribution is 5.43. The number of piperazine rings is 1. The van der Waals surface area contributed by atoms with Crippen molar-refractivity contribution in [2.75, 3.05) is 31.1 Å². The van der Waals surface area contributed by atoms with Crippen LogP contribution in [0.2, 0.25) is 0 Å². The van der Waals surface area contributed by atoms with Gasteiger partial charge in [0, 0.05) is 51.4 Å². The van der Waals surface area contributed by atoms with Crippen molar-refractivity contribution >= 4 is 5.69 Å². The third-order valence-corrected chi connectivity index (χ3v) is 4.27. The summed E-state index contributed by atoms with van der Waals surface area (Å²) in [6, 6.07) is 8.11. The first kappa shape index (κ1) is 16.1. The second kappa shape index (κ2) is 6.81. The first-order valence-corrected chi connectivity index (χ1v) is 7.76. The van der Waals surface area contributed by atoms with E-state index in [0.29, 0.717) is 17.7 Å². The molecule has 1 aromatic heterocycles. The van der Waals surface area contributed by atoms with Gasteiger partial charge in [0.2, 0.25) is 0 Å². The van der Waals surface area contributed by atoms with E-state index in [2.05, 4.69) is 14.9 Å². The Hall–Kier alpha value is -2.72. The zero-order valence-corrected chi connectivity index (χ0v) is 13.4. The third kappa shape index (κ3) is 3.44. The number of aromatic nitrogens is 2. The molecule has 1 aromatic carbocycles. The van der Waals surface area contributed by atoms with Crippen LogP contribution in [0, 0.1) is 17.1 Å². The first-order valence-electron chi connectivity index (χ1n) is 7.76. The summed E-state index contributed by atoms with van der Waals surface area (Å²) in [5, 5.41) is 12.8. The second-order valence-electron chi connectivity index (χ2n) is 5.86. The molecule has 0 bridgehead atoms. The summed E-state index contributed by atoms with van der Waals surface area (Å²) in [5.41, 5.74) is 1.62. The molecule has 24 heavy (non-hydrogen) atoms. The van der Waals surface area contributed by atoms with Crippen molar-refractivity contribution in [1.82, 2.24) is 14.7 Å². The molecule has 0 saturated carbocycles. The number of hydrogen-bond donors (Lipinski definition) is 0. The van der Waals surface area contributed by atoms with E-state index >= 15 is 0 Å². The largest absolute Gasteiger partial charge is 0.368 e. The summed E-state index contributed by atoms with van der Waals surface area (Å²) in [5.74, 6) is -0.341. The van der Waals surface area contributed by atoms with E-state index in [-0.39, 0.29) is 11.4 Å². The maximum atomic E-state index is 14.0. The lowest BCUT2D eigenvalue weighted by Gasteiger charge is -2.35. The summed E-state index contributed by atoms with van der Waals surface area (Å²) in [6.45, 7) is 3.57. The Bertz CT molecular complexity index is 834. The third-order valence-electron chi connectivity index (χ3n) is 4.27. The van der Waals surface area contributed by atoms with Crippen LogP contribution in [0.25, 0.3) is 0 Å². The highest BCUT2D eigenvalue weighted by Gasteiger charge is 2.19. The second-order valence-corrected chi connectivity index (χ2v) is 5.86. The zero-order chi connectivity index (χ0) is 17.1. The molecule has 124 valence electrons. The Morgan fingerprint density at radius 2 is 2.00 bits per heavy atom. The molecule has 0 aliphatic carbocycles. The van der Waals surface area contributed by atoms with Crippen LogP contribution < -0.4 is 10.5 Å². The fraction of sp³-hybridized carbons (Fsp3) is 0.353. The van der Waals surface area contributed by atoms with Crippen LogP contribution in [-0.2, 0) is 13.6 Å². The normalized spacial score (nSPS) is 15.3. The highest BCUT2D eigenvalue weighted by Crippen LogP contribution is 2.17. The molecule has 0 N–H and O–H groups in total. The van der Waals surface area contributed by atoms with Gasteiger partial charge in [-0.3, -0.25) is 9.69 Å². The average molecular weight is 327 g/mol. The van der Waals surface area contributed by atoms with Crippen molar-refractivity contribution in [3.8, 4) is 6.07 Å². The standard InChI is InChI=1S/C17H18FN5O/c1-21-17(24)9-15(11-20-21)23-6-4-22(5-7-23)12-14-3-2-13(10-19)8-16(14)18/h2-3,8-9,11H,4-7,12H2,1H3. The Balaban J connectivity index is 1.62. The van der Waals surface area contributed by atoms with Gasteiger partial charge >= 0.3 is 0 Å². The van der Waals surface area contributed by atoms with Crippen molar-refractivity contribution in [3.05, 3.63) is 57.8 Å². The monoisotopic (exact) mass is 327 g/mol. The van der Waals surface area contributed by atoms with E-state index < -0.39 is 0 Å². The minimum Gasteiger partial charge on any atom is -0.368 e. The molecule has 0 unspecified atom stereocenters.